The van der Waals surface area contributed by atoms with E-state index in [2.05, 4.69) is 4.98 Å². The van der Waals surface area contributed by atoms with Gasteiger partial charge in [0.2, 0.25) is 0 Å². The lowest BCUT2D eigenvalue weighted by atomic mass is 10.1. The summed E-state index contributed by atoms with van der Waals surface area (Å²) in [6, 6.07) is 10.3. The van der Waals surface area contributed by atoms with Gasteiger partial charge in [-0.2, -0.15) is 0 Å². The lowest BCUT2D eigenvalue weighted by Crippen LogP contribution is -1.87. The van der Waals surface area contributed by atoms with Crippen LogP contribution in [-0.4, -0.2) is 9.91 Å². The molecule has 0 radical (unpaired) electrons. The van der Waals surface area contributed by atoms with Gasteiger partial charge in [-0.1, -0.05) is 0 Å². The van der Waals surface area contributed by atoms with Gasteiger partial charge in [0.25, 0.3) is 5.69 Å². The second kappa shape index (κ2) is 4.10. The molecule has 0 unspecified atom stereocenters. The van der Waals surface area contributed by atoms with Crippen LogP contribution >= 0.6 is 0 Å². The van der Waals surface area contributed by atoms with Gasteiger partial charge in [0, 0.05) is 24.0 Å². The Labute approximate surface area is 92.7 Å². The van der Waals surface area contributed by atoms with Gasteiger partial charge in [-0.15, -0.1) is 0 Å². The first kappa shape index (κ1) is 10.3. The van der Waals surface area contributed by atoms with E-state index in [0.717, 1.165) is 16.8 Å². The monoisotopic (exact) mass is 214 g/mol. The van der Waals surface area contributed by atoms with E-state index in [0.29, 0.717) is 0 Å². The summed E-state index contributed by atoms with van der Waals surface area (Å²) in [7, 11) is 0. The van der Waals surface area contributed by atoms with Crippen LogP contribution in [-0.2, 0) is 0 Å². The smallest absolute Gasteiger partial charge is 0.262 e. The zero-order valence-corrected chi connectivity index (χ0v) is 8.75. The zero-order valence-electron chi connectivity index (χ0n) is 8.75. The molecule has 0 aliphatic rings. The fraction of sp³-hybridized carbons (Fsp3) is 0.0833. The van der Waals surface area contributed by atoms with E-state index < -0.39 is 4.92 Å². The highest BCUT2D eigenvalue weighted by Crippen LogP contribution is 2.22. The van der Waals surface area contributed by atoms with Gasteiger partial charge >= 0.3 is 0 Å². The molecule has 0 aliphatic carbocycles. The highest BCUT2D eigenvalue weighted by Gasteiger charge is 2.04. The molecule has 16 heavy (non-hydrogen) atoms. The van der Waals surface area contributed by atoms with Crippen LogP contribution in [0.4, 0.5) is 5.69 Å². The molecule has 4 heteroatoms. The normalized spacial score (nSPS) is 10.1. The molecular formula is C12H10N2O2. The molecule has 0 saturated carbocycles. The van der Waals surface area contributed by atoms with Crippen molar-refractivity contribution in [2.24, 2.45) is 0 Å². The van der Waals surface area contributed by atoms with Crippen molar-refractivity contribution >= 4 is 5.69 Å². The molecule has 2 rings (SSSR count). The largest absolute Gasteiger partial charge is 0.269 e. The molecule has 0 N–H and O–H groups in total. The number of pyridine rings is 1. The topological polar surface area (TPSA) is 56.0 Å². The molecule has 0 atom stereocenters. The van der Waals surface area contributed by atoms with Gasteiger partial charge in [0.05, 0.1) is 4.92 Å². The number of nitro groups is 1. The molecule has 1 aromatic heterocycles. The third-order valence-corrected chi connectivity index (χ3v) is 2.31. The molecule has 4 nitrogen and oxygen atoms in total. The van der Waals surface area contributed by atoms with Crippen molar-refractivity contribution in [1.82, 2.24) is 4.98 Å². The first-order chi connectivity index (χ1) is 7.66. The van der Waals surface area contributed by atoms with Gasteiger partial charge in [-0.3, -0.25) is 15.1 Å². The number of non-ortho nitro benzene ring substituents is 1. The number of benzene rings is 1. The zero-order chi connectivity index (χ0) is 11.5. The maximum Gasteiger partial charge on any atom is 0.269 e. The standard InChI is InChI=1S/C12H10N2O2/c1-9-8-11(6-7-13-9)10-2-4-12(5-3-10)14(15)16/h2-8H,1H3. The minimum Gasteiger partial charge on any atom is -0.262 e. The van der Waals surface area contributed by atoms with Crippen LogP contribution in [0.15, 0.2) is 42.6 Å². The van der Waals surface area contributed by atoms with Crippen LogP contribution < -0.4 is 0 Å². The summed E-state index contributed by atoms with van der Waals surface area (Å²) >= 11 is 0. The van der Waals surface area contributed by atoms with E-state index in [1.54, 1.807) is 18.3 Å². The third kappa shape index (κ3) is 2.06. The van der Waals surface area contributed by atoms with E-state index in [1.807, 2.05) is 19.1 Å². The predicted molar refractivity (Wildman–Crippen MR) is 61.1 cm³/mol. The molecular weight excluding hydrogens is 204 g/mol. The number of hydrogen-bond acceptors (Lipinski definition) is 3. The average molecular weight is 214 g/mol. The van der Waals surface area contributed by atoms with Crippen molar-refractivity contribution < 1.29 is 4.92 Å². The SMILES string of the molecule is Cc1cc(-c2ccc([N+](=O)[O-])cc2)ccn1. The van der Waals surface area contributed by atoms with Crippen molar-refractivity contribution in [1.29, 1.82) is 0 Å². The van der Waals surface area contributed by atoms with Crippen molar-refractivity contribution in [2.45, 2.75) is 6.92 Å². The highest BCUT2D eigenvalue weighted by molar-refractivity contribution is 5.64. The van der Waals surface area contributed by atoms with Crippen LogP contribution in [0.2, 0.25) is 0 Å². The fourth-order valence-electron chi connectivity index (χ4n) is 1.50. The van der Waals surface area contributed by atoms with Crippen molar-refractivity contribution in [2.75, 3.05) is 0 Å². The Morgan fingerprint density at radius 3 is 2.38 bits per heavy atom. The van der Waals surface area contributed by atoms with Crippen LogP contribution in [0, 0.1) is 17.0 Å². The number of nitro benzene ring substituents is 1. The number of nitrogens with zero attached hydrogens (tertiary/aromatic N) is 2. The number of rotatable bonds is 2. The summed E-state index contributed by atoms with van der Waals surface area (Å²) in [5, 5.41) is 10.5. The van der Waals surface area contributed by atoms with Gasteiger partial charge in [0.15, 0.2) is 0 Å². The Morgan fingerprint density at radius 1 is 1.12 bits per heavy atom. The van der Waals surface area contributed by atoms with Crippen molar-refractivity contribution in [3.63, 3.8) is 0 Å². The molecule has 0 amide bonds. The van der Waals surface area contributed by atoms with Gasteiger partial charge < -0.3 is 0 Å². The van der Waals surface area contributed by atoms with E-state index in [1.165, 1.54) is 12.1 Å². The summed E-state index contributed by atoms with van der Waals surface area (Å²) in [5.74, 6) is 0. The molecule has 0 fully saturated rings. The maximum absolute atomic E-state index is 10.5. The van der Waals surface area contributed by atoms with E-state index in [-0.39, 0.29) is 5.69 Å². The summed E-state index contributed by atoms with van der Waals surface area (Å²) < 4.78 is 0. The molecule has 80 valence electrons. The number of hydrogen-bond donors (Lipinski definition) is 0. The molecule has 0 bridgehead atoms. The number of aromatic nitrogens is 1. The second-order valence-corrected chi connectivity index (χ2v) is 3.49. The minimum absolute atomic E-state index is 0.106. The average Bonchev–Trinajstić information content (AvgIpc) is 2.29. The van der Waals surface area contributed by atoms with Gasteiger partial charge in [0.1, 0.15) is 0 Å². The fourth-order valence-corrected chi connectivity index (χ4v) is 1.50. The Morgan fingerprint density at radius 2 is 1.81 bits per heavy atom. The van der Waals surface area contributed by atoms with E-state index >= 15 is 0 Å². The summed E-state index contributed by atoms with van der Waals surface area (Å²) in [6.07, 6.45) is 1.73. The van der Waals surface area contributed by atoms with Crippen molar-refractivity contribution in [3.05, 3.63) is 58.4 Å². The van der Waals surface area contributed by atoms with Gasteiger partial charge in [-0.25, -0.2) is 0 Å². The van der Waals surface area contributed by atoms with Crippen LogP contribution in [0.1, 0.15) is 5.69 Å². The molecule has 1 heterocycles. The Bertz CT molecular complexity index is 521. The predicted octanol–water partition coefficient (Wildman–Crippen LogP) is 2.97. The molecule has 1 aromatic carbocycles. The van der Waals surface area contributed by atoms with Crippen LogP contribution in [0.25, 0.3) is 11.1 Å². The van der Waals surface area contributed by atoms with Crippen LogP contribution in [0.5, 0.6) is 0 Å². The first-order valence-electron chi connectivity index (χ1n) is 4.84. The minimum atomic E-state index is -0.401. The second-order valence-electron chi connectivity index (χ2n) is 3.49. The highest BCUT2D eigenvalue weighted by atomic mass is 16.6. The van der Waals surface area contributed by atoms with Crippen molar-refractivity contribution in [3.8, 4) is 11.1 Å². The summed E-state index contributed by atoms with van der Waals surface area (Å²) in [6.45, 7) is 1.91. The Hall–Kier alpha value is -2.23. The van der Waals surface area contributed by atoms with E-state index in [9.17, 15) is 10.1 Å². The lowest BCUT2D eigenvalue weighted by molar-refractivity contribution is -0.384. The third-order valence-electron chi connectivity index (χ3n) is 2.31. The first-order valence-corrected chi connectivity index (χ1v) is 4.84. The van der Waals surface area contributed by atoms with Gasteiger partial charge in [-0.05, 0) is 42.3 Å². The molecule has 0 saturated heterocycles. The molecule has 0 aliphatic heterocycles. The van der Waals surface area contributed by atoms with Crippen LogP contribution in [0.3, 0.4) is 0 Å². The molecule has 0 spiro atoms. The summed E-state index contributed by atoms with van der Waals surface area (Å²) in [4.78, 5) is 14.2. The molecule has 2 aromatic rings. The lowest BCUT2D eigenvalue weighted by Gasteiger charge is -2.01. The number of aryl methyl sites for hydroxylation is 1. The maximum atomic E-state index is 10.5. The quantitative estimate of drug-likeness (QED) is 0.570. The Kier molecular flexibility index (Phi) is 2.64. The Balaban J connectivity index is 2.38. The van der Waals surface area contributed by atoms with E-state index in [4.69, 9.17) is 0 Å². The summed E-state index contributed by atoms with van der Waals surface area (Å²) in [5.41, 5.74) is 3.00.